The number of allylic oxidation sites excluding steroid dienone is 2. The van der Waals surface area contributed by atoms with E-state index < -0.39 is 0 Å². The lowest BCUT2D eigenvalue weighted by Crippen LogP contribution is -2.33. The molecular weight excluding hydrogens is 300 g/mol. The summed E-state index contributed by atoms with van der Waals surface area (Å²) in [5, 5.41) is 7.04. The lowest BCUT2D eigenvalue weighted by molar-refractivity contribution is 0.761. The van der Waals surface area contributed by atoms with Crippen LogP contribution >= 0.6 is 0 Å². The minimum Gasteiger partial charge on any atom is -0.383 e. The van der Waals surface area contributed by atoms with Crippen LogP contribution in [0.25, 0.3) is 0 Å². The molecule has 0 radical (unpaired) electrons. The first-order valence-electron chi connectivity index (χ1n) is 8.02. The fourth-order valence-corrected chi connectivity index (χ4v) is 2.08. The summed E-state index contributed by atoms with van der Waals surface area (Å²) >= 11 is 0. The molecule has 6 nitrogen and oxygen atoms in total. The SMILES string of the molecule is C=C/C(C)=C\C(=Nc1ccc(CC)c(NCCNN=C)c1)NNC. The van der Waals surface area contributed by atoms with E-state index in [-0.39, 0.29) is 0 Å². The maximum Gasteiger partial charge on any atom is 0.141 e. The molecule has 0 saturated heterocycles. The van der Waals surface area contributed by atoms with Crippen LogP contribution in [0.3, 0.4) is 0 Å². The normalized spacial score (nSPS) is 11.8. The monoisotopic (exact) mass is 328 g/mol. The number of rotatable bonds is 10. The second-order valence-corrected chi connectivity index (χ2v) is 5.15. The quantitative estimate of drug-likeness (QED) is 0.175. The van der Waals surface area contributed by atoms with E-state index in [4.69, 9.17) is 0 Å². The molecule has 0 aliphatic carbocycles. The van der Waals surface area contributed by atoms with E-state index >= 15 is 0 Å². The van der Waals surface area contributed by atoms with Gasteiger partial charge >= 0.3 is 0 Å². The molecule has 0 fully saturated rings. The number of aliphatic imine (C=N–C) groups is 1. The number of nitrogens with zero attached hydrogens (tertiary/aromatic N) is 2. The number of hydrogen-bond acceptors (Lipinski definition) is 5. The van der Waals surface area contributed by atoms with Crippen molar-refractivity contribution in [2.45, 2.75) is 20.3 Å². The van der Waals surface area contributed by atoms with Crippen molar-refractivity contribution in [1.29, 1.82) is 0 Å². The van der Waals surface area contributed by atoms with Gasteiger partial charge in [-0.15, -0.1) is 0 Å². The third-order valence-corrected chi connectivity index (χ3v) is 3.33. The third kappa shape index (κ3) is 6.66. The fraction of sp³-hybridized carbons (Fsp3) is 0.333. The molecule has 0 unspecified atom stereocenters. The molecular formula is C18H28N6. The van der Waals surface area contributed by atoms with Crippen LogP contribution in [-0.4, -0.2) is 32.7 Å². The van der Waals surface area contributed by atoms with Gasteiger partial charge in [0.15, 0.2) is 0 Å². The number of aryl methyl sites for hydroxylation is 1. The first kappa shape index (κ1) is 19.4. The summed E-state index contributed by atoms with van der Waals surface area (Å²) < 4.78 is 0. The molecule has 0 aromatic heterocycles. The predicted molar refractivity (Wildman–Crippen MR) is 105 cm³/mol. The Hall–Kier alpha value is -2.60. The Morgan fingerprint density at radius 2 is 2.08 bits per heavy atom. The van der Waals surface area contributed by atoms with Gasteiger partial charge in [0, 0.05) is 26.0 Å². The van der Waals surface area contributed by atoms with Gasteiger partial charge in [0.05, 0.1) is 12.2 Å². The maximum absolute atomic E-state index is 4.65. The molecule has 0 aliphatic heterocycles. The average Bonchev–Trinajstić information content (AvgIpc) is 2.59. The summed E-state index contributed by atoms with van der Waals surface area (Å²) in [5.74, 6) is 0.725. The number of amidine groups is 1. The standard InChI is InChI=1S/C18H28N6/c1-6-14(3)12-18(24-20-5)23-16-9-8-15(7-2)17(13-16)21-10-11-22-19-4/h6,8-9,12-13,20-22H,1,4,7,10-11H2,2-3,5H3,(H,23,24)/b14-12-. The molecule has 0 spiro atoms. The van der Waals surface area contributed by atoms with Gasteiger partial charge in [-0.1, -0.05) is 25.6 Å². The Morgan fingerprint density at radius 3 is 2.71 bits per heavy atom. The highest BCUT2D eigenvalue weighted by atomic mass is 15.4. The van der Waals surface area contributed by atoms with Gasteiger partial charge in [0.1, 0.15) is 5.84 Å². The molecule has 0 saturated carbocycles. The number of benzene rings is 1. The Labute approximate surface area is 144 Å². The van der Waals surface area contributed by atoms with E-state index in [1.54, 1.807) is 13.1 Å². The number of hydrazine groups is 1. The largest absolute Gasteiger partial charge is 0.383 e. The molecule has 1 rings (SSSR count). The van der Waals surface area contributed by atoms with Crippen LogP contribution in [0.15, 0.2) is 52.6 Å². The summed E-state index contributed by atoms with van der Waals surface area (Å²) in [4.78, 5) is 4.65. The molecule has 0 heterocycles. The van der Waals surface area contributed by atoms with Crippen LogP contribution in [0.4, 0.5) is 11.4 Å². The van der Waals surface area contributed by atoms with Gasteiger partial charge in [-0.05, 0) is 42.7 Å². The van der Waals surface area contributed by atoms with Gasteiger partial charge in [-0.25, -0.2) is 10.4 Å². The van der Waals surface area contributed by atoms with Gasteiger partial charge < -0.3 is 16.2 Å². The summed E-state index contributed by atoms with van der Waals surface area (Å²) in [6, 6.07) is 6.16. The highest BCUT2D eigenvalue weighted by Gasteiger charge is 2.03. The highest BCUT2D eigenvalue weighted by Crippen LogP contribution is 2.23. The van der Waals surface area contributed by atoms with Crippen LogP contribution in [0.1, 0.15) is 19.4 Å². The summed E-state index contributed by atoms with van der Waals surface area (Å²) in [6.07, 6.45) is 4.68. The first-order valence-corrected chi connectivity index (χ1v) is 8.02. The molecule has 0 aliphatic rings. The summed E-state index contributed by atoms with van der Waals surface area (Å²) in [6.45, 7) is 12.8. The zero-order valence-corrected chi connectivity index (χ0v) is 14.8. The second kappa shape index (κ2) is 11.0. The topological polar surface area (TPSA) is 72.8 Å². The highest BCUT2D eigenvalue weighted by molar-refractivity contribution is 5.95. The van der Waals surface area contributed by atoms with E-state index in [0.717, 1.165) is 35.7 Å². The van der Waals surface area contributed by atoms with Crippen molar-refractivity contribution in [3.05, 3.63) is 48.1 Å². The maximum atomic E-state index is 4.65. The smallest absolute Gasteiger partial charge is 0.141 e. The average molecular weight is 328 g/mol. The van der Waals surface area contributed by atoms with Gasteiger partial charge in [0.25, 0.3) is 0 Å². The van der Waals surface area contributed by atoms with Gasteiger partial charge in [-0.3, -0.25) is 0 Å². The first-order chi connectivity index (χ1) is 11.6. The molecule has 6 heteroatoms. The van der Waals surface area contributed by atoms with Crippen LogP contribution in [0.2, 0.25) is 0 Å². The van der Waals surface area contributed by atoms with E-state index in [1.165, 1.54) is 5.56 Å². The Balaban J connectivity index is 3.02. The molecule has 1 aromatic carbocycles. The molecule has 1 aromatic rings. The van der Waals surface area contributed by atoms with E-state index in [2.05, 4.69) is 64.0 Å². The van der Waals surface area contributed by atoms with Crippen LogP contribution in [0.5, 0.6) is 0 Å². The molecule has 0 bridgehead atoms. The molecule has 130 valence electrons. The predicted octanol–water partition coefficient (Wildman–Crippen LogP) is 2.75. The third-order valence-electron chi connectivity index (χ3n) is 3.33. The van der Waals surface area contributed by atoms with Crippen molar-refractivity contribution in [3.8, 4) is 0 Å². The molecule has 24 heavy (non-hydrogen) atoms. The number of anilines is 1. The molecule has 0 atom stereocenters. The number of hydrogen-bond donors (Lipinski definition) is 4. The van der Waals surface area contributed by atoms with Crippen molar-refractivity contribution >= 4 is 23.9 Å². The lowest BCUT2D eigenvalue weighted by Gasteiger charge is -2.12. The van der Waals surface area contributed by atoms with Crippen LogP contribution < -0.4 is 21.6 Å². The summed E-state index contributed by atoms with van der Waals surface area (Å²) in [7, 11) is 1.81. The van der Waals surface area contributed by atoms with Crippen molar-refractivity contribution in [2.24, 2.45) is 10.1 Å². The van der Waals surface area contributed by atoms with Crippen LogP contribution in [-0.2, 0) is 6.42 Å². The minimum atomic E-state index is 0.716. The zero-order chi connectivity index (χ0) is 17.8. The van der Waals surface area contributed by atoms with Crippen molar-refractivity contribution < 1.29 is 0 Å². The second-order valence-electron chi connectivity index (χ2n) is 5.15. The summed E-state index contributed by atoms with van der Waals surface area (Å²) in [5.41, 5.74) is 13.0. The van der Waals surface area contributed by atoms with Crippen molar-refractivity contribution in [1.82, 2.24) is 16.3 Å². The number of hydrazone groups is 1. The van der Waals surface area contributed by atoms with E-state index in [9.17, 15) is 0 Å². The van der Waals surface area contributed by atoms with Crippen molar-refractivity contribution in [3.63, 3.8) is 0 Å². The lowest BCUT2D eigenvalue weighted by atomic mass is 10.1. The Bertz CT molecular complexity index is 604. The van der Waals surface area contributed by atoms with Gasteiger partial charge in [0.2, 0.25) is 0 Å². The Kier molecular flexibility index (Phi) is 8.93. The molecule has 4 N–H and O–H groups in total. The van der Waals surface area contributed by atoms with E-state index in [1.807, 2.05) is 19.1 Å². The van der Waals surface area contributed by atoms with Crippen LogP contribution in [0, 0.1) is 0 Å². The minimum absolute atomic E-state index is 0.716. The molecule has 0 amide bonds. The fourth-order valence-electron chi connectivity index (χ4n) is 2.08. The Morgan fingerprint density at radius 1 is 1.29 bits per heavy atom. The van der Waals surface area contributed by atoms with Crippen molar-refractivity contribution in [2.75, 3.05) is 25.5 Å². The number of nitrogens with one attached hydrogen (secondary N) is 4. The van der Waals surface area contributed by atoms with Gasteiger partial charge in [-0.2, -0.15) is 5.10 Å². The van der Waals surface area contributed by atoms with E-state index in [0.29, 0.717) is 6.54 Å². The zero-order valence-electron chi connectivity index (χ0n) is 14.8.